The molecule has 1 aromatic carbocycles. The summed E-state index contributed by atoms with van der Waals surface area (Å²) in [5.41, 5.74) is 2.59. The number of benzene rings is 1. The van der Waals surface area contributed by atoms with Crippen LogP contribution in [-0.4, -0.2) is 27.2 Å². The molecule has 0 spiro atoms. The number of aromatic nitrogens is 3. The molecule has 2 aromatic rings. The number of anilines is 1. The first-order chi connectivity index (χ1) is 9.78. The Bertz CT molecular complexity index is 647. The van der Waals surface area contributed by atoms with Crippen molar-refractivity contribution in [2.75, 3.05) is 11.1 Å². The first-order valence-corrected chi connectivity index (χ1v) is 7.27. The van der Waals surface area contributed by atoms with Gasteiger partial charge >= 0.3 is 0 Å². The molecule has 0 aliphatic carbocycles. The van der Waals surface area contributed by atoms with Crippen LogP contribution in [0.2, 0.25) is 0 Å². The van der Waals surface area contributed by atoms with Crippen molar-refractivity contribution in [1.82, 2.24) is 15.2 Å². The first-order valence-electron chi connectivity index (χ1n) is 6.29. The van der Waals surface area contributed by atoms with E-state index in [1.54, 1.807) is 6.08 Å². The Morgan fingerprint density at radius 1 is 1.40 bits per heavy atom. The largest absolute Gasteiger partial charge is 0.452 e. The van der Waals surface area contributed by atoms with E-state index in [4.69, 9.17) is 4.74 Å². The van der Waals surface area contributed by atoms with Crippen molar-refractivity contribution in [1.29, 1.82) is 0 Å². The molecule has 3 rings (SSSR count). The molecule has 0 saturated carbocycles. The maximum Gasteiger partial charge on any atom is 0.247 e. The second kappa shape index (κ2) is 5.50. The second-order valence-corrected chi connectivity index (χ2v) is 5.28. The van der Waals surface area contributed by atoms with E-state index in [2.05, 4.69) is 27.1 Å². The average Bonchev–Trinajstić information content (AvgIpc) is 2.59. The van der Waals surface area contributed by atoms with Crippen LogP contribution in [0.15, 0.2) is 42.1 Å². The molecular formula is C14H14N4OS. The quantitative estimate of drug-likeness (QED) is 0.691. The van der Waals surface area contributed by atoms with E-state index in [0.717, 1.165) is 17.0 Å². The van der Waals surface area contributed by atoms with E-state index in [9.17, 15) is 0 Å². The fraction of sp³-hybridized carbons (Fsp3) is 0.214. The Morgan fingerprint density at radius 2 is 2.25 bits per heavy atom. The van der Waals surface area contributed by atoms with Crippen LogP contribution >= 0.6 is 11.8 Å². The molecule has 6 heteroatoms. The molecule has 1 aromatic heterocycles. The van der Waals surface area contributed by atoms with Gasteiger partial charge in [-0.15, -0.1) is 16.8 Å². The van der Waals surface area contributed by atoms with Gasteiger partial charge in [0, 0.05) is 17.0 Å². The van der Waals surface area contributed by atoms with Gasteiger partial charge in [-0.2, -0.15) is 4.98 Å². The summed E-state index contributed by atoms with van der Waals surface area (Å²) in [5, 5.41) is 12.3. The van der Waals surface area contributed by atoms with Gasteiger partial charge in [0.1, 0.15) is 0 Å². The summed E-state index contributed by atoms with van der Waals surface area (Å²) in [7, 11) is 0. The van der Waals surface area contributed by atoms with Crippen LogP contribution in [0.3, 0.4) is 0 Å². The van der Waals surface area contributed by atoms with Gasteiger partial charge < -0.3 is 10.1 Å². The van der Waals surface area contributed by atoms with Crippen LogP contribution in [0.25, 0.3) is 11.3 Å². The first kappa shape index (κ1) is 12.9. The van der Waals surface area contributed by atoms with Crippen molar-refractivity contribution >= 4 is 17.4 Å². The number of nitrogens with one attached hydrogen (secondary N) is 1. The van der Waals surface area contributed by atoms with Crippen LogP contribution < -0.4 is 10.1 Å². The van der Waals surface area contributed by atoms with Crippen molar-refractivity contribution in [3.8, 4) is 17.1 Å². The third-order valence-corrected chi connectivity index (χ3v) is 3.63. The third-order valence-electron chi connectivity index (χ3n) is 2.79. The lowest BCUT2D eigenvalue weighted by Gasteiger charge is -2.13. The van der Waals surface area contributed by atoms with E-state index >= 15 is 0 Å². The van der Waals surface area contributed by atoms with Crippen molar-refractivity contribution in [3.63, 3.8) is 0 Å². The van der Waals surface area contributed by atoms with Crippen molar-refractivity contribution in [2.45, 2.75) is 18.3 Å². The van der Waals surface area contributed by atoms with Gasteiger partial charge in [0.15, 0.2) is 11.9 Å². The van der Waals surface area contributed by atoms with E-state index in [1.807, 2.05) is 31.2 Å². The zero-order chi connectivity index (χ0) is 13.9. The highest BCUT2D eigenvalue weighted by Crippen LogP contribution is 2.35. The van der Waals surface area contributed by atoms with Crippen molar-refractivity contribution in [3.05, 3.63) is 36.9 Å². The third kappa shape index (κ3) is 2.46. The maximum atomic E-state index is 5.80. The summed E-state index contributed by atoms with van der Waals surface area (Å²) in [4.78, 5) is 4.44. The Hall–Kier alpha value is -2.08. The monoisotopic (exact) mass is 286 g/mol. The number of hydrogen-bond acceptors (Lipinski definition) is 6. The van der Waals surface area contributed by atoms with Gasteiger partial charge in [-0.3, -0.25) is 0 Å². The predicted octanol–water partition coefficient (Wildman–Crippen LogP) is 2.97. The molecular weight excluding hydrogens is 272 g/mol. The molecule has 102 valence electrons. The van der Waals surface area contributed by atoms with E-state index in [0.29, 0.717) is 16.7 Å². The zero-order valence-corrected chi connectivity index (χ0v) is 11.9. The van der Waals surface area contributed by atoms with E-state index in [-0.39, 0.29) is 6.23 Å². The molecule has 20 heavy (non-hydrogen) atoms. The lowest BCUT2D eigenvalue weighted by Crippen LogP contribution is -2.21. The van der Waals surface area contributed by atoms with Gasteiger partial charge in [-0.1, -0.05) is 36.0 Å². The molecule has 2 heterocycles. The minimum atomic E-state index is -0.175. The highest BCUT2D eigenvalue weighted by Gasteiger charge is 2.22. The van der Waals surface area contributed by atoms with Gasteiger partial charge in [-0.05, 0) is 13.0 Å². The van der Waals surface area contributed by atoms with Gasteiger partial charge in [-0.25, -0.2) is 0 Å². The Morgan fingerprint density at radius 3 is 3.10 bits per heavy atom. The minimum Gasteiger partial charge on any atom is -0.452 e. The number of para-hydroxylation sites is 1. The number of thioether (sulfide) groups is 1. The number of nitrogens with zero attached hydrogens (tertiary/aromatic N) is 3. The summed E-state index contributed by atoms with van der Waals surface area (Å²) >= 11 is 1.48. The number of ether oxygens (including phenoxy) is 1. The molecule has 1 unspecified atom stereocenters. The topological polar surface area (TPSA) is 59.9 Å². The molecule has 1 aliphatic heterocycles. The maximum absolute atomic E-state index is 5.80. The molecule has 5 nitrogen and oxygen atoms in total. The lowest BCUT2D eigenvalue weighted by atomic mass is 10.1. The lowest BCUT2D eigenvalue weighted by molar-refractivity contribution is 0.240. The number of fused-ring (bicyclic) bond motifs is 3. The highest BCUT2D eigenvalue weighted by molar-refractivity contribution is 7.99. The fourth-order valence-corrected chi connectivity index (χ4v) is 2.49. The minimum absolute atomic E-state index is 0.175. The summed E-state index contributed by atoms with van der Waals surface area (Å²) in [6.07, 6.45) is 1.63. The van der Waals surface area contributed by atoms with Gasteiger partial charge in [0.2, 0.25) is 11.0 Å². The smallest absolute Gasteiger partial charge is 0.247 e. The van der Waals surface area contributed by atoms with Crippen LogP contribution in [0.5, 0.6) is 5.88 Å². The molecule has 0 amide bonds. The van der Waals surface area contributed by atoms with E-state index in [1.165, 1.54) is 11.8 Å². The molecule has 0 radical (unpaired) electrons. The van der Waals surface area contributed by atoms with Gasteiger partial charge in [0.25, 0.3) is 0 Å². The normalized spacial score (nSPS) is 16.1. The van der Waals surface area contributed by atoms with Crippen LogP contribution in [-0.2, 0) is 0 Å². The summed E-state index contributed by atoms with van der Waals surface area (Å²) in [6, 6.07) is 7.91. The van der Waals surface area contributed by atoms with Crippen molar-refractivity contribution in [2.24, 2.45) is 0 Å². The molecule has 1 N–H and O–H groups in total. The van der Waals surface area contributed by atoms with Crippen LogP contribution in [0, 0.1) is 0 Å². The number of rotatable bonds is 3. The average molecular weight is 286 g/mol. The summed E-state index contributed by atoms with van der Waals surface area (Å²) in [6.45, 7) is 5.62. The van der Waals surface area contributed by atoms with E-state index < -0.39 is 0 Å². The predicted molar refractivity (Wildman–Crippen MR) is 79.9 cm³/mol. The summed E-state index contributed by atoms with van der Waals surface area (Å²) in [5.74, 6) is 1.25. The zero-order valence-electron chi connectivity index (χ0n) is 11.0. The Balaban J connectivity index is 2.06. The van der Waals surface area contributed by atoms with Crippen LogP contribution in [0.4, 0.5) is 5.69 Å². The molecule has 0 bridgehead atoms. The molecule has 0 saturated heterocycles. The molecule has 0 fully saturated rings. The molecule has 1 atom stereocenters. The SMILES string of the molecule is C=CCSc1nnc2c(n1)OC(C)Nc1ccccc1-2. The van der Waals surface area contributed by atoms with Gasteiger partial charge in [0.05, 0.1) is 0 Å². The Labute approximate surface area is 121 Å². The standard InChI is InChI=1S/C14H14N4OS/c1-3-8-20-14-16-13-12(17-18-14)10-6-4-5-7-11(10)15-9(2)19-13/h3-7,9,15H,1,8H2,2H3. The van der Waals surface area contributed by atoms with Crippen molar-refractivity contribution < 1.29 is 4.74 Å². The van der Waals surface area contributed by atoms with Crippen LogP contribution in [0.1, 0.15) is 6.92 Å². The summed E-state index contributed by atoms with van der Waals surface area (Å²) < 4.78 is 5.80. The second-order valence-electron chi connectivity index (χ2n) is 4.30. The highest BCUT2D eigenvalue weighted by atomic mass is 32.2. The Kier molecular flexibility index (Phi) is 3.56. The molecule has 1 aliphatic rings. The number of hydrogen-bond donors (Lipinski definition) is 1. The fourth-order valence-electron chi connectivity index (χ4n) is 1.97.